The summed E-state index contributed by atoms with van der Waals surface area (Å²) in [4.78, 5) is -0.372. The second-order valence-electron chi connectivity index (χ2n) is 3.09. The van der Waals surface area contributed by atoms with E-state index in [0.717, 1.165) is 11.8 Å². The average molecular weight is 256 g/mol. The minimum Gasteiger partial charge on any atom is -0.204 e. The first-order valence-corrected chi connectivity index (χ1v) is 5.70. The SMILES string of the molecule is CCCSc1c(F)c(F)c(C#N)c(F)c1C#N. The Balaban J connectivity index is 3.51. The van der Waals surface area contributed by atoms with Crippen molar-refractivity contribution in [2.24, 2.45) is 0 Å². The predicted octanol–water partition coefficient (Wildman–Crippen LogP) is 3.35. The molecule has 0 atom stereocenters. The Hall–Kier alpha value is -1.66. The molecule has 0 aliphatic rings. The molecule has 0 radical (unpaired) electrons. The summed E-state index contributed by atoms with van der Waals surface area (Å²) in [6.45, 7) is 1.81. The van der Waals surface area contributed by atoms with Crippen LogP contribution in [0.1, 0.15) is 24.5 Å². The van der Waals surface area contributed by atoms with Gasteiger partial charge in [0.05, 0.1) is 4.90 Å². The molecule has 0 heterocycles. The smallest absolute Gasteiger partial charge is 0.180 e. The number of hydrogen-bond acceptors (Lipinski definition) is 3. The number of thioether (sulfide) groups is 1. The van der Waals surface area contributed by atoms with Crippen LogP contribution in [0.15, 0.2) is 4.90 Å². The monoisotopic (exact) mass is 256 g/mol. The van der Waals surface area contributed by atoms with E-state index in [0.29, 0.717) is 12.2 Å². The van der Waals surface area contributed by atoms with Gasteiger partial charge in [-0.25, -0.2) is 13.2 Å². The molecular weight excluding hydrogens is 249 g/mol. The van der Waals surface area contributed by atoms with Crippen molar-refractivity contribution in [2.75, 3.05) is 5.75 Å². The molecule has 0 amide bonds. The molecule has 0 bridgehead atoms. The van der Waals surface area contributed by atoms with Crippen LogP contribution < -0.4 is 0 Å². The molecule has 0 saturated carbocycles. The first-order chi connectivity index (χ1) is 8.08. The summed E-state index contributed by atoms with van der Waals surface area (Å²) in [7, 11) is 0. The van der Waals surface area contributed by atoms with Crippen LogP contribution in [0.3, 0.4) is 0 Å². The number of hydrogen-bond donors (Lipinski definition) is 0. The Morgan fingerprint density at radius 3 is 2.06 bits per heavy atom. The van der Waals surface area contributed by atoms with Crippen molar-refractivity contribution in [1.29, 1.82) is 10.5 Å². The number of benzene rings is 1. The lowest BCUT2D eigenvalue weighted by Crippen LogP contribution is -2.03. The van der Waals surface area contributed by atoms with Crippen LogP contribution >= 0.6 is 11.8 Å². The lowest BCUT2D eigenvalue weighted by atomic mass is 10.1. The summed E-state index contributed by atoms with van der Waals surface area (Å²) in [6.07, 6.45) is 0.665. The molecule has 6 heteroatoms. The van der Waals surface area contributed by atoms with Crippen molar-refractivity contribution < 1.29 is 13.2 Å². The second-order valence-corrected chi connectivity index (χ2v) is 4.20. The van der Waals surface area contributed by atoms with Gasteiger partial charge in [0.1, 0.15) is 23.3 Å². The Labute approximate surface area is 101 Å². The molecule has 1 aromatic carbocycles. The molecule has 88 valence electrons. The molecule has 2 nitrogen and oxygen atoms in total. The van der Waals surface area contributed by atoms with Crippen molar-refractivity contribution in [2.45, 2.75) is 18.2 Å². The minimum atomic E-state index is -1.54. The number of rotatable bonds is 3. The van der Waals surface area contributed by atoms with E-state index >= 15 is 0 Å². The van der Waals surface area contributed by atoms with Crippen molar-refractivity contribution >= 4 is 11.8 Å². The maximum atomic E-state index is 13.5. The molecular formula is C11H7F3N2S. The van der Waals surface area contributed by atoms with Gasteiger partial charge in [0.2, 0.25) is 0 Å². The number of nitriles is 2. The van der Waals surface area contributed by atoms with Gasteiger partial charge in [-0.15, -0.1) is 11.8 Å². The highest BCUT2D eigenvalue weighted by molar-refractivity contribution is 7.99. The predicted molar refractivity (Wildman–Crippen MR) is 56.8 cm³/mol. The third kappa shape index (κ3) is 2.37. The molecule has 1 aromatic rings. The zero-order valence-corrected chi connectivity index (χ0v) is 9.67. The van der Waals surface area contributed by atoms with Crippen molar-refractivity contribution in [1.82, 2.24) is 0 Å². The van der Waals surface area contributed by atoms with Gasteiger partial charge >= 0.3 is 0 Å². The van der Waals surface area contributed by atoms with E-state index in [1.807, 2.05) is 6.92 Å². The van der Waals surface area contributed by atoms with E-state index in [1.165, 1.54) is 12.1 Å². The van der Waals surface area contributed by atoms with Crippen LogP contribution in [-0.4, -0.2) is 5.75 Å². The van der Waals surface area contributed by atoms with Crippen LogP contribution in [0.2, 0.25) is 0 Å². The van der Waals surface area contributed by atoms with Crippen molar-refractivity contribution in [3.63, 3.8) is 0 Å². The third-order valence-electron chi connectivity index (χ3n) is 1.95. The van der Waals surface area contributed by atoms with Crippen LogP contribution in [0.4, 0.5) is 13.2 Å². The summed E-state index contributed by atoms with van der Waals surface area (Å²) < 4.78 is 40.4. The first-order valence-electron chi connectivity index (χ1n) is 4.71. The number of nitrogens with zero attached hydrogens (tertiary/aromatic N) is 2. The van der Waals surface area contributed by atoms with Gasteiger partial charge in [0, 0.05) is 0 Å². The first kappa shape index (κ1) is 13.4. The Bertz CT molecular complexity index is 529. The summed E-state index contributed by atoms with van der Waals surface area (Å²) in [5, 5.41) is 17.2. The van der Waals surface area contributed by atoms with E-state index < -0.39 is 28.6 Å². The summed E-state index contributed by atoms with van der Waals surface area (Å²) in [6, 6.07) is 2.67. The molecule has 0 aromatic heterocycles. The van der Waals surface area contributed by atoms with Gasteiger partial charge in [-0.3, -0.25) is 0 Å². The average Bonchev–Trinajstić information content (AvgIpc) is 2.32. The lowest BCUT2D eigenvalue weighted by molar-refractivity contribution is 0.472. The molecule has 0 aliphatic carbocycles. The largest absolute Gasteiger partial charge is 0.204 e. The summed E-state index contributed by atoms with van der Waals surface area (Å²) in [5.74, 6) is -3.75. The quantitative estimate of drug-likeness (QED) is 0.615. The fraction of sp³-hybridized carbons (Fsp3) is 0.273. The van der Waals surface area contributed by atoms with E-state index in [9.17, 15) is 13.2 Å². The molecule has 0 unspecified atom stereocenters. The maximum absolute atomic E-state index is 13.5. The van der Waals surface area contributed by atoms with Gasteiger partial charge in [0.25, 0.3) is 0 Å². The van der Waals surface area contributed by atoms with E-state index in [1.54, 1.807) is 0 Å². The molecule has 0 aliphatic heterocycles. The van der Waals surface area contributed by atoms with Gasteiger partial charge in [-0.2, -0.15) is 10.5 Å². The Morgan fingerprint density at radius 1 is 1.00 bits per heavy atom. The number of halogens is 3. The van der Waals surface area contributed by atoms with Gasteiger partial charge in [-0.05, 0) is 12.2 Å². The van der Waals surface area contributed by atoms with Gasteiger partial charge in [-0.1, -0.05) is 6.92 Å². The highest BCUT2D eigenvalue weighted by atomic mass is 32.2. The lowest BCUT2D eigenvalue weighted by Gasteiger charge is -2.08. The van der Waals surface area contributed by atoms with Gasteiger partial charge < -0.3 is 0 Å². The topological polar surface area (TPSA) is 47.6 Å². The van der Waals surface area contributed by atoms with Crippen molar-refractivity contribution in [3.05, 3.63) is 28.6 Å². The molecule has 1 rings (SSSR count). The molecule has 0 N–H and O–H groups in total. The minimum absolute atomic E-state index is 0.372. The third-order valence-corrected chi connectivity index (χ3v) is 3.24. The molecule has 0 fully saturated rings. The molecule has 0 saturated heterocycles. The summed E-state index contributed by atoms with van der Waals surface area (Å²) in [5.41, 5.74) is -1.67. The van der Waals surface area contributed by atoms with Crippen LogP contribution in [-0.2, 0) is 0 Å². The second kappa shape index (κ2) is 5.60. The van der Waals surface area contributed by atoms with E-state index in [4.69, 9.17) is 10.5 Å². The highest BCUT2D eigenvalue weighted by Crippen LogP contribution is 2.32. The summed E-state index contributed by atoms with van der Waals surface area (Å²) >= 11 is 0.859. The normalized spacial score (nSPS) is 9.76. The maximum Gasteiger partial charge on any atom is 0.180 e. The fourth-order valence-electron chi connectivity index (χ4n) is 1.18. The highest BCUT2D eigenvalue weighted by Gasteiger charge is 2.24. The van der Waals surface area contributed by atoms with Gasteiger partial charge in [0.15, 0.2) is 17.5 Å². The Kier molecular flexibility index (Phi) is 4.42. The van der Waals surface area contributed by atoms with Crippen molar-refractivity contribution in [3.8, 4) is 12.1 Å². The van der Waals surface area contributed by atoms with Crippen LogP contribution in [0.25, 0.3) is 0 Å². The van der Waals surface area contributed by atoms with Crippen LogP contribution in [0.5, 0.6) is 0 Å². The zero-order valence-electron chi connectivity index (χ0n) is 8.85. The molecule has 17 heavy (non-hydrogen) atoms. The standard InChI is InChI=1S/C11H7F3N2S/c1-2-3-17-11-7(5-16)8(12)6(4-15)9(13)10(11)14/h2-3H2,1H3. The Morgan fingerprint density at radius 2 is 1.59 bits per heavy atom. The van der Waals surface area contributed by atoms with E-state index in [2.05, 4.69) is 0 Å². The fourth-order valence-corrected chi connectivity index (χ4v) is 2.08. The molecule has 0 spiro atoms. The van der Waals surface area contributed by atoms with E-state index in [-0.39, 0.29) is 4.90 Å². The zero-order chi connectivity index (χ0) is 13.0. The van der Waals surface area contributed by atoms with Crippen LogP contribution in [0, 0.1) is 40.1 Å².